The number of carboxylic acids is 1. The van der Waals surface area contributed by atoms with Crippen LogP contribution in [0.2, 0.25) is 0 Å². The van der Waals surface area contributed by atoms with Crippen molar-refractivity contribution in [3.8, 4) is 5.75 Å². The van der Waals surface area contributed by atoms with Gasteiger partial charge in [-0.25, -0.2) is 0 Å². The second kappa shape index (κ2) is 7.19. The van der Waals surface area contributed by atoms with Crippen molar-refractivity contribution in [2.75, 3.05) is 7.11 Å². The summed E-state index contributed by atoms with van der Waals surface area (Å²) < 4.78 is 6.93. The molecule has 1 fully saturated rings. The van der Waals surface area contributed by atoms with Crippen LogP contribution >= 0.6 is 0 Å². The van der Waals surface area contributed by atoms with E-state index < -0.39 is 17.9 Å². The van der Waals surface area contributed by atoms with Gasteiger partial charge in [-0.2, -0.15) is 5.10 Å². The summed E-state index contributed by atoms with van der Waals surface area (Å²) in [5, 5.41) is 13.9. The summed E-state index contributed by atoms with van der Waals surface area (Å²) in [6.07, 6.45) is 2.17. The monoisotopic (exact) mass is 357 g/mol. The number of benzene rings is 1. The Hall–Kier alpha value is -2.83. The van der Waals surface area contributed by atoms with E-state index >= 15 is 0 Å². The molecule has 1 aromatic carbocycles. The molecule has 1 saturated heterocycles. The maximum atomic E-state index is 12.8. The molecule has 26 heavy (non-hydrogen) atoms. The van der Waals surface area contributed by atoms with Crippen LogP contribution in [0.5, 0.6) is 5.75 Å². The van der Waals surface area contributed by atoms with Gasteiger partial charge in [-0.15, -0.1) is 0 Å². The van der Waals surface area contributed by atoms with Crippen LogP contribution in [-0.4, -0.2) is 38.8 Å². The number of aryl methyl sites for hydroxylation is 1. The van der Waals surface area contributed by atoms with Crippen LogP contribution in [0.25, 0.3) is 0 Å². The summed E-state index contributed by atoms with van der Waals surface area (Å²) in [6, 6.07) is 8.43. The summed E-state index contributed by atoms with van der Waals surface area (Å²) in [4.78, 5) is 26.4. The molecule has 1 N–H and O–H groups in total. The van der Waals surface area contributed by atoms with Gasteiger partial charge in [0, 0.05) is 19.7 Å². The van der Waals surface area contributed by atoms with Crippen molar-refractivity contribution in [3.05, 3.63) is 47.8 Å². The lowest BCUT2D eigenvalue weighted by molar-refractivity contribution is -0.154. The summed E-state index contributed by atoms with van der Waals surface area (Å²) in [5.41, 5.74) is 1.62. The van der Waals surface area contributed by atoms with Gasteiger partial charge in [0.05, 0.1) is 30.8 Å². The Morgan fingerprint density at radius 3 is 2.77 bits per heavy atom. The molecule has 1 aliphatic rings. The van der Waals surface area contributed by atoms with Crippen LogP contribution in [0.4, 0.5) is 0 Å². The van der Waals surface area contributed by atoms with Gasteiger partial charge in [0.15, 0.2) is 0 Å². The third-order valence-corrected chi connectivity index (χ3v) is 5.11. The lowest BCUT2D eigenvalue weighted by atomic mass is 9.84. The number of aromatic nitrogens is 2. The molecule has 2 aromatic rings. The summed E-state index contributed by atoms with van der Waals surface area (Å²) in [7, 11) is 3.36. The Morgan fingerprint density at radius 1 is 1.38 bits per heavy atom. The molecule has 0 aliphatic carbocycles. The van der Waals surface area contributed by atoms with Gasteiger partial charge < -0.3 is 14.7 Å². The van der Waals surface area contributed by atoms with Gasteiger partial charge >= 0.3 is 5.97 Å². The number of hydrogen-bond donors (Lipinski definition) is 1. The van der Waals surface area contributed by atoms with Crippen molar-refractivity contribution in [2.45, 2.75) is 31.8 Å². The molecule has 0 bridgehead atoms. The molecule has 0 saturated carbocycles. The minimum absolute atomic E-state index is 0.0518. The van der Waals surface area contributed by atoms with E-state index in [0.29, 0.717) is 12.2 Å². The first-order chi connectivity index (χ1) is 12.4. The van der Waals surface area contributed by atoms with E-state index in [1.807, 2.05) is 31.2 Å². The SMILES string of the molecule is COc1cccc(C(C)N2C(=O)CC[C@H](C(=O)O)[C@H]2c2ccnn2C)c1. The van der Waals surface area contributed by atoms with E-state index in [-0.39, 0.29) is 18.4 Å². The number of carbonyl (C=O) groups is 2. The Kier molecular flexibility index (Phi) is 4.97. The summed E-state index contributed by atoms with van der Waals surface area (Å²) >= 11 is 0. The van der Waals surface area contributed by atoms with Crippen LogP contribution in [0.15, 0.2) is 36.5 Å². The molecule has 7 nitrogen and oxygen atoms in total. The molecule has 3 rings (SSSR count). The van der Waals surface area contributed by atoms with Gasteiger partial charge in [-0.1, -0.05) is 12.1 Å². The average Bonchev–Trinajstić information content (AvgIpc) is 3.06. The zero-order valence-electron chi connectivity index (χ0n) is 15.1. The smallest absolute Gasteiger partial charge is 0.309 e. The lowest BCUT2D eigenvalue weighted by Gasteiger charge is -2.43. The second-order valence-electron chi connectivity index (χ2n) is 6.56. The topological polar surface area (TPSA) is 84.7 Å². The lowest BCUT2D eigenvalue weighted by Crippen LogP contribution is -2.47. The Bertz CT molecular complexity index is 817. The first-order valence-electron chi connectivity index (χ1n) is 8.60. The number of methoxy groups -OCH3 is 1. The minimum Gasteiger partial charge on any atom is -0.497 e. The molecule has 1 aliphatic heterocycles. The van der Waals surface area contributed by atoms with Gasteiger partial charge in [0.1, 0.15) is 5.75 Å². The Morgan fingerprint density at radius 2 is 2.15 bits per heavy atom. The number of rotatable bonds is 5. The first-order valence-corrected chi connectivity index (χ1v) is 8.60. The number of likely N-dealkylation sites (tertiary alicyclic amines) is 1. The normalized spacial score (nSPS) is 21.5. The first kappa shape index (κ1) is 18.0. The van der Waals surface area contributed by atoms with Crippen LogP contribution < -0.4 is 4.74 Å². The molecular weight excluding hydrogens is 334 g/mol. The van der Waals surface area contributed by atoms with Crippen molar-refractivity contribution in [1.29, 1.82) is 0 Å². The largest absolute Gasteiger partial charge is 0.497 e. The van der Waals surface area contributed by atoms with Crippen molar-refractivity contribution in [2.24, 2.45) is 13.0 Å². The highest BCUT2D eigenvalue weighted by Gasteiger charge is 2.44. The molecule has 0 spiro atoms. The van der Waals surface area contributed by atoms with Crippen molar-refractivity contribution in [3.63, 3.8) is 0 Å². The van der Waals surface area contributed by atoms with E-state index in [1.165, 1.54) is 0 Å². The highest BCUT2D eigenvalue weighted by Crippen LogP contribution is 2.42. The highest BCUT2D eigenvalue weighted by atomic mass is 16.5. The quantitative estimate of drug-likeness (QED) is 0.889. The molecule has 1 unspecified atom stereocenters. The number of piperidine rings is 1. The highest BCUT2D eigenvalue weighted by molar-refractivity contribution is 5.82. The zero-order valence-corrected chi connectivity index (χ0v) is 15.1. The molecule has 1 amide bonds. The van der Waals surface area contributed by atoms with Gasteiger partial charge in [0.25, 0.3) is 0 Å². The van der Waals surface area contributed by atoms with Crippen LogP contribution in [0, 0.1) is 5.92 Å². The van der Waals surface area contributed by atoms with Crippen molar-refractivity contribution < 1.29 is 19.4 Å². The summed E-state index contributed by atoms with van der Waals surface area (Å²) in [6.45, 7) is 1.92. The second-order valence-corrected chi connectivity index (χ2v) is 6.56. The fraction of sp³-hybridized carbons (Fsp3) is 0.421. The molecule has 138 valence electrons. The summed E-state index contributed by atoms with van der Waals surface area (Å²) in [5.74, 6) is -0.919. The third kappa shape index (κ3) is 3.16. The van der Waals surface area contributed by atoms with E-state index in [0.717, 1.165) is 11.3 Å². The molecule has 0 radical (unpaired) electrons. The van der Waals surface area contributed by atoms with Gasteiger partial charge in [-0.05, 0) is 37.1 Å². The number of hydrogen-bond acceptors (Lipinski definition) is 4. The maximum Gasteiger partial charge on any atom is 0.309 e. The fourth-order valence-electron chi connectivity index (χ4n) is 3.72. The van der Waals surface area contributed by atoms with Crippen LogP contribution in [0.1, 0.15) is 43.1 Å². The van der Waals surface area contributed by atoms with E-state index in [1.54, 1.807) is 36.0 Å². The number of nitrogens with zero attached hydrogens (tertiary/aromatic N) is 3. The minimum atomic E-state index is -0.897. The number of aliphatic carboxylic acids is 1. The van der Waals surface area contributed by atoms with E-state index in [2.05, 4.69) is 5.10 Å². The molecule has 1 aromatic heterocycles. The van der Waals surface area contributed by atoms with Gasteiger partial charge in [0.2, 0.25) is 5.91 Å². The maximum absolute atomic E-state index is 12.8. The third-order valence-electron chi connectivity index (χ3n) is 5.11. The number of amides is 1. The van der Waals surface area contributed by atoms with E-state index in [4.69, 9.17) is 4.74 Å². The van der Waals surface area contributed by atoms with Crippen LogP contribution in [0.3, 0.4) is 0 Å². The molecule has 3 atom stereocenters. The molecule has 2 heterocycles. The average molecular weight is 357 g/mol. The van der Waals surface area contributed by atoms with Crippen LogP contribution in [-0.2, 0) is 16.6 Å². The number of carboxylic acid groups (broad SMARTS) is 1. The predicted octanol–water partition coefficient (Wildman–Crippen LogP) is 2.55. The molecular formula is C19H23N3O4. The van der Waals surface area contributed by atoms with E-state index in [9.17, 15) is 14.7 Å². The zero-order chi connectivity index (χ0) is 18.8. The van der Waals surface area contributed by atoms with Gasteiger partial charge in [-0.3, -0.25) is 14.3 Å². The van der Waals surface area contributed by atoms with Crippen molar-refractivity contribution >= 4 is 11.9 Å². The Balaban J connectivity index is 2.06. The standard InChI is InChI=1S/C19H23N3O4/c1-12(13-5-4-6-14(11-13)26-3)22-17(23)8-7-15(19(24)25)18(22)16-9-10-20-21(16)2/h4-6,9-12,15,18H,7-8H2,1-3H3,(H,24,25)/t12?,15-,18-/m0/s1. The van der Waals surface area contributed by atoms with Crippen molar-refractivity contribution in [1.82, 2.24) is 14.7 Å². The molecule has 7 heteroatoms. The number of ether oxygens (including phenoxy) is 1. The Labute approximate surface area is 152 Å². The fourth-order valence-corrected chi connectivity index (χ4v) is 3.72. The number of carbonyl (C=O) groups excluding carboxylic acids is 1. The predicted molar refractivity (Wildman–Crippen MR) is 94.6 cm³/mol.